The van der Waals surface area contributed by atoms with Crippen LogP contribution in [-0.2, 0) is 0 Å². The Morgan fingerprint density at radius 1 is 1.00 bits per heavy atom. The number of hydrogen-bond donors (Lipinski definition) is 0. The van der Waals surface area contributed by atoms with Gasteiger partial charge in [-0.3, -0.25) is 4.79 Å². The lowest BCUT2D eigenvalue weighted by molar-refractivity contribution is 0.104. The minimum atomic E-state index is 0.0179. The van der Waals surface area contributed by atoms with E-state index in [0.717, 1.165) is 21.6 Å². The van der Waals surface area contributed by atoms with E-state index >= 15 is 0 Å². The Balaban J connectivity index is 2.49. The van der Waals surface area contributed by atoms with Crippen molar-refractivity contribution < 1.29 is 4.79 Å². The smallest absolute Gasteiger partial charge is 0.204 e. The van der Waals surface area contributed by atoms with Crippen molar-refractivity contribution in [2.24, 2.45) is 0 Å². The molecule has 0 aliphatic heterocycles. The van der Waals surface area contributed by atoms with Gasteiger partial charge >= 0.3 is 0 Å². The summed E-state index contributed by atoms with van der Waals surface area (Å²) in [5.41, 5.74) is 3.95. The second-order valence-corrected chi connectivity index (χ2v) is 6.26. The van der Waals surface area contributed by atoms with Gasteiger partial charge in [0.15, 0.2) is 0 Å². The maximum atomic E-state index is 12.4. The van der Waals surface area contributed by atoms with Crippen molar-refractivity contribution in [3.8, 4) is 0 Å². The predicted octanol–water partition coefficient (Wildman–Crippen LogP) is 4.87. The van der Waals surface area contributed by atoms with Crippen molar-refractivity contribution in [2.45, 2.75) is 27.7 Å². The molecule has 0 amide bonds. The summed E-state index contributed by atoms with van der Waals surface area (Å²) in [6, 6.07) is 5.68. The summed E-state index contributed by atoms with van der Waals surface area (Å²) in [4.78, 5) is 14.4. The van der Waals surface area contributed by atoms with Gasteiger partial charge < -0.3 is 0 Å². The lowest BCUT2D eigenvalue weighted by Crippen LogP contribution is -2.01. The van der Waals surface area contributed by atoms with E-state index in [-0.39, 0.29) is 5.78 Å². The maximum absolute atomic E-state index is 12.4. The van der Waals surface area contributed by atoms with Crippen molar-refractivity contribution in [3.05, 3.63) is 55.2 Å². The highest BCUT2D eigenvalue weighted by molar-refractivity contribution is 7.14. The van der Waals surface area contributed by atoms with Crippen LogP contribution in [0.3, 0.4) is 0 Å². The summed E-state index contributed by atoms with van der Waals surface area (Å²) in [5.74, 6) is 0.0179. The molecule has 2 rings (SSSR count). The summed E-state index contributed by atoms with van der Waals surface area (Å²) in [5, 5.41) is 0.534. The zero-order valence-electron chi connectivity index (χ0n) is 10.9. The summed E-state index contributed by atoms with van der Waals surface area (Å²) in [7, 11) is 0. The number of ketones is 1. The minimum absolute atomic E-state index is 0.0179. The lowest BCUT2D eigenvalue weighted by atomic mass is 10.0. The van der Waals surface area contributed by atoms with Gasteiger partial charge in [-0.2, -0.15) is 0 Å². The van der Waals surface area contributed by atoms with E-state index in [9.17, 15) is 4.79 Å². The standard InChI is InChI=1S/C15H15ClOS/c1-8-5-12(13(16)6-9(8)2)15(17)14-7-10(3)11(4)18-14/h5-7H,1-4H3. The first-order valence-electron chi connectivity index (χ1n) is 5.78. The van der Waals surface area contributed by atoms with Crippen molar-refractivity contribution in [2.75, 3.05) is 0 Å². The Morgan fingerprint density at radius 2 is 1.61 bits per heavy atom. The third-order valence-corrected chi connectivity index (χ3v) is 4.68. The van der Waals surface area contributed by atoms with Gasteiger partial charge in [0.25, 0.3) is 0 Å². The van der Waals surface area contributed by atoms with E-state index in [1.165, 1.54) is 16.2 Å². The number of carbonyl (C=O) groups excluding carboxylic acids is 1. The van der Waals surface area contributed by atoms with Crippen LogP contribution in [0.2, 0.25) is 5.02 Å². The van der Waals surface area contributed by atoms with Crippen LogP contribution < -0.4 is 0 Å². The fourth-order valence-corrected chi connectivity index (χ4v) is 3.06. The first-order chi connectivity index (χ1) is 8.40. The Bertz CT molecular complexity index is 606. The number of thiophene rings is 1. The lowest BCUT2D eigenvalue weighted by Gasteiger charge is -2.06. The first kappa shape index (κ1) is 13.3. The van der Waals surface area contributed by atoms with Crippen LogP contribution in [0.15, 0.2) is 18.2 Å². The Hall–Kier alpha value is -1.12. The van der Waals surface area contributed by atoms with Crippen LogP contribution in [0, 0.1) is 27.7 Å². The van der Waals surface area contributed by atoms with Crippen LogP contribution in [0.5, 0.6) is 0 Å². The molecule has 1 nitrogen and oxygen atoms in total. The molecule has 0 N–H and O–H groups in total. The summed E-state index contributed by atoms with van der Waals surface area (Å²) in [6.45, 7) is 8.03. The molecule has 2 aromatic rings. The third-order valence-electron chi connectivity index (χ3n) is 3.22. The predicted molar refractivity (Wildman–Crippen MR) is 78.2 cm³/mol. The topological polar surface area (TPSA) is 17.1 Å². The summed E-state index contributed by atoms with van der Waals surface area (Å²) in [6.07, 6.45) is 0. The molecule has 94 valence electrons. The molecule has 0 atom stereocenters. The van der Waals surface area contributed by atoms with Gasteiger partial charge in [0.1, 0.15) is 0 Å². The van der Waals surface area contributed by atoms with Crippen molar-refractivity contribution >= 4 is 28.7 Å². The number of hydrogen-bond acceptors (Lipinski definition) is 2. The second kappa shape index (κ2) is 4.87. The van der Waals surface area contributed by atoms with Crippen LogP contribution in [0.1, 0.15) is 36.8 Å². The van der Waals surface area contributed by atoms with E-state index in [4.69, 9.17) is 11.6 Å². The molecule has 18 heavy (non-hydrogen) atoms. The van der Waals surface area contributed by atoms with Gasteiger partial charge in [-0.15, -0.1) is 11.3 Å². The van der Waals surface area contributed by atoms with Gasteiger partial charge in [-0.25, -0.2) is 0 Å². The van der Waals surface area contributed by atoms with Gasteiger partial charge in [0, 0.05) is 10.4 Å². The van der Waals surface area contributed by atoms with Crippen LogP contribution >= 0.6 is 22.9 Å². The highest BCUT2D eigenvalue weighted by Gasteiger charge is 2.16. The van der Waals surface area contributed by atoms with E-state index in [2.05, 4.69) is 0 Å². The second-order valence-electron chi connectivity index (χ2n) is 4.60. The van der Waals surface area contributed by atoms with E-state index in [0.29, 0.717) is 10.6 Å². The SMILES string of the molecule is Cc1cc(Cl)c(C(=O)c2cc(C)c(C)s2)cc1C. The van der Waals surface area contributed by atoms with Gasteiger partial charge in [-0.1, -0.05) is 11.6 Å². The molecule has 0 saturated heterocycles. The van der Waals surface area contributed by atoms with Crippen molar-refractivity contribution in [1.82, 2.24) is 0 Å². The Labute approximate surface area is 116 Å². The summed E-state index contributed by atoms with van der Waals surface area (Å²) < 4.78 is 0. The molecule has 0 spiro atoms. The molecule has 0 bridgehead atoms. The van der Waals surface area contributed by atoms with E-state index in [1.807, 2.05) is 45.9 Å². The van der Waals surface area contributed by atoms with Crippen molar-refractivity contribution in [1.29, 1.82) is 0 Å². The fourth-order valence-electron chi connectivity index (χ4n) is 1.77. The first-order valence-corrected chi connectivity index (χ1v) is 6.98. The fraction of sp³-hybridized carbons (Fsp3) is 0.267. The Kier molecular flexibility index (Phi) is 3.60. The third kappa shape index (κ3) is 2.36. The molecular formula is C15H15ClOS. The molecule has 0 fully saturated rings. The molecule has 0 aliphatic carbocycles. The molecule has 0 radical (unpaired) electrons. The van der Waals surface area contributed by atoms with Crippen molar-refractivity contribution in [3.63, 3.8) is 0 Å². The minimum Gasteiger partial charge on any atom is -0.288 e. The average Bonchev–Trinajstić information content (AvgIpc) is 2.63. The molecule has 1 heterocycles. The summed E-state index contributed by atoms with van der Waals surface area (Å²) >= 11 is 7.70. The molecule has 0 unspecified atom stereocenters. The maximum Gasteiger partial charge on any atom is 0.204 e. The molecule has 0 saturated carbocycles. The van der Waals surface area contributed by atoms with Crippen LogP contribution in [0.4, 0.5) is 0 Å². The molecule has 0 aliphatic rings. The quantitative estimate of drug-likeness (QED) is 0.717. The average molecular weight is 279 g/mol. The zero-order chi connectivity index (χ0) is 13.4. The van der Waals surface area contributed by atoms with Gasteiger partial charge in [0.05, 0.1) is 9.90 Å². The molecular weight excluding hydrogens is 264 g/mol. The number of carbonyl (C=O) groups is 1. The highest BCUT2D eigenvalue weighted by atomic mass is 35.5. The molecule has 1 aromatic carbocycles. The number of benzene rings is 1. The van der Waals surface area contributed by atoms with E-state index < -0.39 is 0 Å². The largest absolute Gasteiger partial charge is 0.288 e. The number of aryl methyl sites for hydroxylation is 4. The van der Waals surface area contributed by atoms with Gasteiger partial charge in [-0.05, 0) is 62.6 Å². The highest BCUT2D eigenvalue weighted by Crippen LogP contribution is 2.28. The molecule has 3 heteroatoms. The zero-order valence-corrected chi connectivity index (χ0v) is 12.5. The number of rotatable bonds is 2. The molecule has 1 aromatic heterocycles. The number of halogens is 1. The monoisotopic (exact) mass is 278 g/mol. The normalized spacial score (nSPS) is 10.7. The van der Waals surface area contributed by atoms with E-state index in [1.54, 1.807) is 0 Å². The van der Waals surface area contributed by atoms with Crippen LogP contribution in [0.25, 0.3) is 0 Å². The Morgan fingerprint density at radius 3 is 2.17 bits per heavy atom. The van der Waals surface area contributed by atoms with Crippen LogP contribution in [-0.4, -0.2) is 5.78 Å². The van der Waals surface area contributed by atoms with Gasteiger partial charge in [0.2, 0.25) is 5.78 Å².